The van der Waals surface area contributed by atoms with E-state index in [0.29, 0.717) is 10.7 Å². The molecular weight excluding hydrogens is 212 g/mol. The Morgan fingerprint density at radius 1 is 1.33 bits per heavy atom. The Hall–Kier alpha value is -1.48. The van der Waals surface area contributed by atoms with Gasteiger partial charge >= 0.3 is 0 Å². The molecule has 0 aliphatic rings. The minimum absolute atomic E-state index is 0.0605. The summed E-state index contributed by atoms with van der Waals surface area (Å²) >= 11 is 5.83. The zero-order chi connectivity index (χ0) is 11.0. The summed E-state index contributed by atoms with van der Waals surface area (Å²) in [4.78, 5) is 0. The number of phenolic OH excluding ortho intramolecular Hbond substituents is 1. The normalized spacial score (nSPS) is 10.6. The number of aromatic nitrogens is 2. The third kappa shape index (κ3) is 1.70. The van der Waals surface area contributed by atoms with Crippen LogP contribution in [0.3, 0.4) is 0 Å². The number of aromatic hydroxyl groups is 1. The molecule has 1 aromatic heterocycles. The van der Waals surface area contributed by atoms with Crippen LogP contribution in [0.5, 0.6) is 5.75 Å². The molecule has 1 heterocycles. The summed E-state index contributed by atoms with van der Waals surface area (Å²) in [6.45, 7) is 3.84. The van der Waals surface area contributed by atoms with Gasteiger partial charge in [0.05, 0.1) is 10.7 Å². The van der Waals surface area contributed by atoms with Crippen molar-refractivity contribution in [2.45, 2.75) is 13.8 Å². The monoisotopic (exact) mass is 222 g/mol. The van der Waals surface area contributed by atoms with Gasteiger partial charge in [0.25, 0.3) is 0 Å². The molecule has 4 heteroatoms. The van der Waals surface area contributed by atoms with E-state index in [1.54, 1.807) is 22.9 Å². The van der Waals surface area contributed by atoms with Crippen molar-refractivity contribution in [1.82, 2.24) is 9.78 Å². The summed E-state index contributed by atoms with van der Waals surface area (Å²) in [5, 5.41) is 14.4. The Morgan fingerprint density at radius 2 is 2.07 bits per heavy atom. The molecule has 0 bridgehead atoms. The van der Waals surface area contributed by atoms with E-state index in [2.05, 4.69) is 5.10 Å². The van der Waals surface area contributed by atoms with Crippen LogP contribution in [0.25, 0.3) is 5.69 Å². The molecule has 0 amide bonds. The first-order valence-electron chi connectivity index (χ1n) is 4.60. The van der Waals surface area contributed by atoms with E-state index in [1.165, 1.54) is 0 Å². The number of hydrogen-bond donors (Lipinski definition) is 1. The van der Waals surface area contributed by atoms with Crippen LogP contribution in [0.15, 0.2) is 24.3 Å². The van der Waals surface area contributed by atoms with Crippen molar-refractivity contribution in [3.63, 3.8) is 0 Å². The third-order valence-electron chi connectivity index (χ3n) is 2.20. The smallest absolute Gasteiger partial charge is 0.159 e. The van der Waals surface area contributed by atoms with Crippen molar-refractivity contribution < 1.29 is 5.11 Å². The summed E-state index contributed by atoms with van der Waals surface area (Å²) in [6.07, 6.45) is 0. The molecule has 2 aromatic rings. The average molecular weight is 223 g/mol. The minimum Gasteiger partial charge on any atom is -0.504 e. The van der Waals surface area contributed by atoms with E-state index in [4.69, 9.17) is 11.6 Å². The maximum Gasteiger partial charge on any atom is 0.159 e. The molecule has 0 aliphatic carbocycles. The van der Waals surface area contributed by atoms with Gasteiger partial charge in [-0.15, -0.1) is 0 Å². The van der Waals surface area contributed by atoms with Crippen LogP contribution in [0, 0.1) is 13.8 Å². The number of rotatable bonds is 1. The van der Waals surface area contributed by atoms with E-state index in [9.17, 15) is 5.11 Å². The van der Waals surface area contributed by atoms with Gasteiger partial charge in [0.1, 0.15) is 5.69 Å². The zero-order valence-corrected chi connectivity index (χ0v) is 9.28. The van der Waals surface area contributed by atoms with Crippen molar-refractivity contribution in [3.05, 3.63) is 40.7 Å². The van der Waals surface area contributed by atoms with Crippen molar-refractivity contribution in [3.8, 4) is 11.4 Å². The molecular formula is C11H11ClN2O. The Bertz CT molecular complexity index is 505. The maximum absolute atomic E-state index is 9.79. The van der Waals surface area contributed by atoms with E-state index in [0.717, 1.165) is 11.4 Å². The standard InChI is InChI=1S/C11H11ClN2O/c1-7-6-8(2)14(13-7)10-5-3-4-9(12)11(10)15/h3-6,15H,1-2H3. The molecule has 0 unspecified atom stereocenters. The van der Waals surface area contributed by atoms with E-state index in [-0.39, 0.29) is 5.75 Å². The Balaban J connectivity index is 2.64. The first kappa shape index (κ1) is 10.1. The molecule has 0 spiro atoms. The van der Waals surface area contributed by atoms with Crippen LogP contribution in [0.4, 0.5) is 0 Å². The molecule has 1 aromatic carbocycles. The van der Waals surface area contributed by atoms with Crippen molar-refractivity contribution in [2.75, 3.05) is 0 Å². The van der Waals surface area contributed by atoms with Crippen LogP contribution in [-0.2, 0) is 0 Å². The Morgan fingerprint density at radius 3 is 2.67 bits per heavy atom. The molecule has 78 valence electrons. The van der Waals surface area contributed by atoms with Gasteiger partial charge in [-0.05, 0) is 32.0 Å². The van der Waals surface area contributed by atoms with Gasteiger partial charge in [0.15, 0.2) is 5.75 Å². The van der Waals surface area contributed by atoms with E-state index in [1.807, 2.05) is 19.9 Å². The fraction of sp³-hybridized carbons (Fsp3) is 0.182. The first-order valence-corrected chi connectivity index (χ1v) is 4.98. The molecule has 0 saturated heterocycles. The van der Waals surface area contributed by atoms with Crippen molar-refractivity contribution in [2.24, 2.45) is 0 Å². The lowest BCUT2D eigenvalue weighted by Gasteiger charge is -2.07. The number of halogens is 1. The van der Waals surface area contributed by atoms with E-state index < -0.39 is 0 Å². The SMILES string of the molecule is Cc1cc(C)n(-c2cccc(Cl)c2O)n1. The molecule has 15 heavy (non-hydrogen) atoms. The van der Waals surface area contributed by atoms with Gasteiger partial charge in [-0.3, -0.25) is 0 Å². The lowest BCUT2D eigenvalue weighted by molar-refractivity contribution is 0.470. The fourth-order valence-corrected chi connectivity index (χ4v) is 1.72. The molecule has 1 N–H and O–H groups in total. The highest BCUT2D eigenvalue weighted by atomic mass is 35.5. The fourth-order valence-electron chi connectivity index (χ4n) is 1.55. The topological polar surface area (TPSA) is 38.0 Å². The van der Waals surface area contributed by atoms with Crippen LogP contribution in [0.2, 0.25) is 5.02 Å². The molecule has 0 fully saturated rings. The minimum atomic E-state index is 0.0605. The third-order valence-corrected chi connectivity index (χ3v) is 2.51. The van der Waals surface area contributed by atoms with Gasteiger partial charge in [0.2, 0.25) is 0 Å². The molecule has 0 atom stereocenters. The maximum atomic E-state index is 9.79. The number of hydrogen-bond acceptors (Lipinski definition) is 2. The van der Waals surface area contributed by atoms with Crippen LogP contribution >= 0.6 is 11.6 Å². The molecule has 3 nitrogen and oxygen atoms in total. The second-order valence-corrected chi connectivity index (χ2v) is 3.85. The Kier molecular flexibility index (Phi) is 2.40. The van der Waals surface area contributed by atoms with Gasteiger partial charge in [-0.1, -0.05) is 17.7 Å². The summed E-state index contributed by atoms with van der Waals surface area (Å²) in [5.41, 5.74) is 2.48. The highest BCUT2D eigenvalue weighted by Crippen LogP contribution is 2.30. The molecule has 2 rings (SSSR count). The summed E-state index contributed by atoms with van der Waals surface area (Å²) in [6, 6.07) is 7.15. The molecule has 0 saturated carbocycles. The molecule has 0 aliphatic heterocycles. The lowest BCUT2D eigenvalue weighted by atomic mass is 10.3. The van der Waals surface area contributed by atoms with Crippen molar-refractivity contribution >= 4 is 11.6 Å². The second-order valence-electron chi connectivity index (χ2n) is 3.45. The van der Waals surface area contributed by atoms with Gasteiger partial charge in [0, 0.05) is 5.69 Å². The average Bonchev–Trinajstić information content (AvgIpc) is 2.50. The number of phenols is 1. The van der Waals surface area contributed by atoms with Crippen LogP contribution in [0.1, 0.15) is 11.4 Å². The second kappa shape index (κ2) is 3.59. The number of nitrogens with zero attached hydrogens (tertiary/aromatic N) is 2. The summed E-state index contributed by atoms with van der Waals surface area (Å²) in [7, 11) is 0. The summed E-state index contributed by atoms with van der Waals surface area (Å²) < 4.78 is 1.68. The van der Waals surface area contributed by atoms with Crippen molar-refractivity contribution in [1.29, 1.82) is 0 Å². The predicted molar refractivity (Wildman–Crippen MR) is 59.7 cm³/mol. The first-order chi connectivity index (χ1) is 7.09. The van der Waals surface area contributed by atoms with Gasteiger partial charge in [-0.25, -0.2) is 4.68 Å². The van der Waals surface area contributed by atoms with Crippen LogP contribution in [-0.4, -0.2) is 14.9 Å². The zero-order valence-electron chi connectivity index (χ0n) is 8.53. The highest BCUT2D eigenvalue weighted by molar-refractivity contribution is 6.32. The quantitative estimate of drug-likeness (QED) is 0.806. The number of aryl methyl sites for hydroxylation is 2. The highest BCUT2D eigenvalue weighted by Gasteiger charge is 2.10. The largest absolute Gasteiger partial charge is 0.504 e. The number of para-hydroxylation sites is 1. The van der Waals surface area contributed by atoms with Gasteiger partial charge < -0.3 is 5.11 Å². The number of benzene rings is 1. The molecule has 0 radical (unpaired) electrons. The van der Waals surface area contributed by atoms with Gasteiger partial charge in [-0.2, -0.15) is 5.10 Å². The van der Waals surface area contributed by atoms with E-state index >= 15 is 0 Å². The van der Waals surface area contributed by atoms with Crippen LogP contribution < -0.4 is 0 Å². The Labute approximate surface area is 92.9 Å². The lowest BCUT2D eigenvalue weighted by Crippen LogP contribution is -1.99. The summed E-state index contributed by atoms with van der Waals surface area (Å²) in [5.74, 6) is 0.0605. The predicted octanol–water partition coefficient (Wildman–Crippen LogP) is 2.85.